The van der Waals surface area contributed by atoms with E-state index in [1.165, 1.54) is 0 Å². The SMILES string of the molecule is Clc1ccc(OCc2ccc(Br)c(OCCCNCC3CNC3)c2)c(Br)c1. The van der Waals surface area contributed by atoms with E-state index < -0.39 is 0 Å². The topological polar surface area (TPSA) is 42.5 Å². The van der Waals surface area contributed by atoms with Crippen LogP contribution in [0.1, 0.15) is 12.0 Å². The Kier molecular flexibility index (Phi) is 8.27. The van der Waals surface area contributed by atoms with Gasteiger partial charge in [-0.3, -0.25) is 0 Å². The highest BCUT2D eigenvalue weighted by atomic mass is 79.9. The first-order valence-electron chi connectivity index (χ1n) is 9.02. The van der Waals surface area contributed by atoms with Crippen LogP contribution in [-0.4, -0.2) is 32.8 Å². The van der Waals surface area contributed by atoms with Gasteiger partial charge in [0.15, 0.2) is 0 Å². The average molecular weight is 519 g/mol. The molecule has 1 aliphatic heterocycles. The van der Waals surface area contributed by atoms with E-state index in [0.29, 0.717) is 18.2 Å². The fraction of sp³-hybridized carbons (Fsp3) is 0.400. The summed E-state index contributed by atoms with van der Waals surface area (Å²) in [5.41, 5.74) is 1.05. The average Bonchev–Trinajstić information content (AvgIpc) is 2.60. The van der Waals surface area contributed by atoms with Gasteiger partial charge in [0.2, 0.25) is 0 Å². The van der Waals surface area contributed by atoms with Crippen molar-refractivity contribution in [2.45, 2.75) is 13.0 Å². The summed E-state index contributed by atoms with van der Waals surface area (Å²) < 4.78 is 13.6. The van der Waals surface area contributed by atoms with E-state index in [1.54, 1.807) is 0 Å². The van der Waals surface area contributed by atoms with Gasteiger partial charge in [0, 0.05) is 24.7 Å². The second kappa shape index (κ2) is 10.7. The van der Waals surface area contributed by atoms with Gasteiger partial charge in [0.05, 0.1) is 15.6 Å². The molecule has 27 heavy (non-hydrogen) atoms. The monoisotopic (exact) mass is 516 g/mol. The molecule has 1 saturated heterocycles. The minimum atomic E-state index is 0.459. The summed E-state index contributed by atoms with van der Waals surface area (Å²) in [7, 11) is 0. The highest BCUT2D eigenvalue weighted by Gasteiger charge is 2.15. The third kappa shape index (κ3) is 6.64. The Morgan fingerprint density at radius 2 is 1.89 bits per heavy atom. The molecular formula is C20H23Br2ClN2O2. The van der Waals surface area contributed by atoms with Crippen molar-refractivity contribution in [3.05, 3.63) is 55.9 Å². The van der Waals surface area contributed by atoms with Crippen LogP contribution in [0.3, 0.4) is 0 Å². The van der Waals surface area contributed by atoms with Crippen LogP contribution in [0.2, 0.25) is 5.02 Å². The van der Waals surface area contributed by atoms with Crippen molar-refractivity contribution in [1.29, 1.82) is 0 Å². The molecule has 2 aromatic carbocycles. The van der Waals surface area contributed by atoms with E-state index in [0.717, 1.165) is 64.5 Å². The summed E-state index contributed by atoms with van der Waals surface area (Å²) in [5, 5.41) is 7.44. The molecule has 0 unspecified atom stereocenters. The van der Waals surface area contributed by atoms with Gasteiger partial charge in [-0.2, -0.15) is 0 Å². The van der Waals surface area contributed by atoms with Crippen molar-refractivity contribution in [3.63, 3.8) is 0 Å². The van der Waals surface area contributed by atoms with Crippen molar-refractivity contribution in [3.8, 4) is 11.5 Å². The molecule has 2 N–H and O–H groups in total. The maximum atomic E-state index is 5.96. The predicted octanol–water partition coefficient (Wildman–Crippen LogP) is 5.02. The second-order valence-corrected chi connectivity index (χ2v) is 8.70. The Bertz CT molecular complexity index is 757. The van der Waals surface area contributed by atoms with Crippen molar-refractivity contribution >= 4 is 43.5 Å². The summed E-state index contributed by atoms with van der Waals surface area (Å²) in [6, 6.07) is 11.5. The molecule has 0 bridgehead atoms. The van der Waals surface area contributed by atoms with Crippen molar-refractivity contribution < 1.29 is 9.47 Å². The largest absolute Gasteiger partial charge is 0.492 e. The van der Waals surface area contributed by atoms with Crippen LogP contribution in [0.15, 0.2) is 45.3 Å². The molecule has 0 aromatic heterocycles. The Balaban J connectivity index is 1.43. The third-order valence-corrected chi connectivity index (χ3v) is 5.85. The first-order chi connectivity index (χ1) is 13.1. The van der Waals surface area contributed by atoms with Gasteiger partial charge in [-0.15, -0.1) is 0 Å². The first-order valence-corrected chi connectivity index (χ1v) is 11.0. The number of ether oxygens (including phenoxy) is 2. The highest BCUT2D eigenvalue weighted by molar-refractivity contribution is 9.10. The zero-order valence-corrected chi connectivity index (χ0v) is 18.9. The molecule has 4 nitrogen and oxygen atoms in total. The smallest absolute Gasteiger partial charge is 0.134 e. The minimum Gasteiger partial charge on any atom is -0.492 e. The highest BCUT2D eigenvalue weighted by Crippen LogP contribution is 2.30. The molecule has 7 heteroatoms. The second-order valence-electron chi connectivity index (χ2n) is 6.56. The van der Waals surface area contributed by atoms with Crippen molar-refractivity contribution in [1.82, 2.24) is 10.6 Å². The quantitative estimate of drug-likeness (QED) is 0.434. The standard InChI is InChI=1S/C20H23Br2ClN2O2/c21-17-4-2-14(13-27-19-5-3-16(23)9-18(19)22)8-20(17)26-7-1-6-24-10-15-11-25-12-15/h2-5,8-9,15,24-25H,1,6-7,10-13H2. The summed E-state index contributed by atoms with van der Waals surface area (Å²) in [6.45, 7) is 5.48. The van der Waals surface area contributed by atoms with Gasteiger partial charge >= 0.3 is 0 Å². The van der Waals surface area contributed by atoms with Crippen molar-refractivity contribution in [2.24, 2.45) is 5.92 Å². The Morgan fingerprint density at radius 1 is 1.04 bits per heavy atom. The van der Waals surface area contributed by atoms with E-state index in [1.807, 2.05) is 36.4 Å². The molecule has 2 aromatic rings. The molecule has 146 valence electrons. The molecule has 0 spiro atoms. The molecule has 1 aliphatic rings. The van der Waals surface area contributed by atoms with E-state index in [4.69, 9.17) is 21.1 Å². The van der Waals surface area contributed by atoms with Crippen LogP contribution in [-0.2, 0) is 6.61 Å². The number of hydrogen-bond acceptors (Lipinski definition) is 4. The van der Waals surface area contributed by atoms with Gasteiger partial charge in [0.25, 0.3) is 0 Å². The van der Waals surface area contributed by atoms with Gasteiger partial charge < -0.3 is 20.1 Å². The van der Waals surface area contributed by atoms with Gasteiger partial charge in [0.1, 0.15) is 18.1 Å². The summed E-state index contributed by atoms with van der Waals surface area (Å²) in [6.07, 6.45) is 0.977. The zero-order valence-electron chi connectivity index (χ0n) is 14.9. The summed E-state index contributed by atoms with van der Waals surface area (Å²) in [5.74, 6) is 2.39. The molecule has 1 fully saturated rings. The van der Waals surface area contributed by atoms with E-state index in [-0.39, 0.29) is 0 Å². The third-order valence-electron chi connectivity index (χ3n) is 4.34. The first kappa shape index (κ1) is 20.9. The molecule has 0 aliphatic carbocycles. The van der Waals surface area contributed by atoms with Gasteiger partial charge in [-0.05, 0) is 86.6 Å². The Hall–Kier alpha value is -0.790. The van der Waals surface area contributed by atoms with Crippen LogP contribution in [0.4, 0.5) is 0 Å². The number of hydrogen-bond donors (Lipinski definition) is 2. The maximum Gasteiger partial charge on any atom is 0.134 e. The molecule has 0 amide bonds. The molecule has 0 saturated carbocycles. The van der Waals surface area contributed by atoms with Crippen LogP contribution in [0, 0.1) is 5.92 Å². The summed E-state index contributed by atoms with van der Waals surface area (Å²) >= 11 is 13.0. The number of halogens is 3. The van der Waals surface area contributed by atoms with Gasteiger partial charge in [-0.25, -0.2) is 0 Å². The molecule has 0 atom stereocenters. The van der Waals surface area contributed by atoms with E-state index in [9.17, 15) is 0 Å². The van der Waals surface area contributed by atoms with E-state index in [2.05, 4.69) is 42.5 Å². The van der Waals surface area contributed by atoms with Crippen molar-refractivity contribution in [2.75, 3.05) is 32.8 Å². The lowest BCUT2D eigenvalue weighted by molar-refractivity contribution is 0.290. The van der Waals surface area contributed by atoms with Crippen LogP contribution >= 0.6 is 43.5 Å². The zero-order chi connectivity index (χ0) is 19.1. The van der Waals surface area contributed by atoms with Crippen LogP contribution in [0.5, 0.6) is 11.5 Å². The Morgan fingerprint density at radius 3 is 2.63 bits per heavy atom. The van der Waals surface area contributed by atoms with Crippen LogP contribution < -0.4 is 20.1 Å². The molecule has 0 radical (unpaired) electrons. The molecule has 1 heterocycles. The van der Waals surface area contributed by atoms with Crippen LogP contribution in [0.25, 0.3) is 0 Å². The lowest BCUT2D eigenvalue weighted by Gasteiger charge is -2.27. The number of rotatable bonds is 10. The number of nitrogens with one attached hydrogen (secondary N) is 2. The number of benzene rings is 2. The maximum absolute atomic E-state index is 5.96. The van der Waals surface area contributed by atoms with E-state index >= 15 is 0 Å². The van der Waals surface area contributed by atoms with Gasteiger partial charge in [-0.1, -0.05) is 17.7 Å². The normalized spacial score (nSPS) is 14.0. The summed E-state index contributed by atoms with van der Waals surface area (Å²) in [4.78, 5) is 0. The minimum absolute atomic E-state index is 0.459. The molecular weight excluding hydrogens is 495 g/mol. The Labute approximate surface area is 182 Å². The fourth-order valence-electron chi connectivity index (χ4n) is 2.68. The molecule has 3 rings (SSSR count). The lowest BCUT2D eigenvalue weighted by Crippen LogP contribution is -2.47. The lowest BCUT2D eigenvalue weighted by atomic mass is 10.0. The predicted molar refractivity (Wildman–Crippen MR) is 117 cm³/mol. The fourth-order valence-corrected chi connectivity index (χ4v) is 3.84.